The number of benzene rings is 3. The van der Waals surface area contributed by atoms with Gasteiger partial charge >= 0.3 is 0 Å². The maximum Gasteiger partial charge on any atom is 0.184 e. The molecule has 0 radical (unpaired) electrons. The van der Waals surface area contributed by atoms with Crippen molar-refractivity contribution in [3.63, 3.8) is 0 Å². The van der Waals surface area contributed by atoms with E-state index in [2.05, 4.69) is 0 Å². The summed E-state index contributed by atoms with van der Waals surface area (Å²) < 4.78 is 30.2. The molecule has 4 atom stereocenters. The van der Waals surface area contributed by atoms with Gasteiger partial charge in [-0.3, -0.25) is 0 Å². The van der Waals surface area contributed by atoms with Crippen molar-refractivity contribution in [3.8, 4) is 0 Å². The molecule has 1 heterocycles. The van der Waals surface area contributed by atoms with Crippen LogP contribution in [0.1, 0.15) is 16.7 Å². The van der Waals surface area contributed by atoms with Crippen LogP contribution in [0.4, 0.5) is 0 Å². The van der Waals surface area contributed by atoms with Crippen molar-refractivity contribution in [1.82, 2.24) is 0 Å². The number of aliphatic hydroxyl groups excluding tert-OH is 1. The summed E-state index contributed by atoms with van der Waals surface area (Å²) in [5.74, 6) is 0. The average molecular weight is 465 g/mol. The van der Waals surface area contributed by atoms with Crippen LogP contribution in [0.5, 0.6) is 0 Å². The summed E-state index contributed by atoms with van der Waals surface area (Å²) in [6.07, 6.45) is -2.50. The summed E-state index contributed by atoms with van der Waals surface area (Å²) in [5, 5.41) is 10.9. The van der Waals surface area contributed by atoms with Crippen LogP contribution in [-0.4, -0.2) is 49.5 Å². The highest BCUT2D eigenvalue weighted by molar-refractivity contribution is 5.16. The van der Waals surface area contributed by atoms with Crippen molar-refractivity contribution < 1.29 is 28.8 Å². The third-order valence-electron chi connectivity index (χ3n) is 5.86. The van der Waals surface area contributed by atoms with Crippen molar-refractivity contribution in [2.75, 3.05) is 20.3 Å². The third kappa shape index (κ3) is 6.30. The quantitative estimate of drug-likeness (QED) is 0.435. The molecule has 1 N–H and O–H groups in total. The average Bonchev–Trinajstić information content (AvgIpc) is 3.13. The van der Waals surface area contributed by atoms with Gasteiger partial charge in [-0.2, -0.15) is 0 Å². The van der Waals surface area contributed by atoms with Crippen molar-refractivity contribution in [1.29, 1.82) is 0 Å². The molecule has 0 spiro atoms. The predicted molar refractivity (Wildman–Crippen MR) is 128 cm³/mol. The molecule has 0 aromatic heterocycles. The van der Waals surface area contributed by atoms with E-state index in [-0.39, 0.29) is 13.2 Å². The number of rotatable bonds is 12. The Kier molecular flexibility index (Phi) is 8.82. The lowest BCUT2D eigenvalue weighted by atomic mass is 9.96. The van der Waals surface area contributed by atoms with E-state index in [0.717, 1.165) is 16.7 Å². The SMILES string of the molecule is COC[C@]1(COCc2ccccc2)OC(O)[C@H](OCc2ccccc2)[C@@H]1OCc1ccccc1. The van der Waals surface area contributed by atoms with E-state index in [1.54, 1.807) is 7.11 Å². The van der Waals surface area contributed by atoms with Crippen LogP contribution in [0.25, 0.3) is 0 Å². The number of aliphatic hydroxyl groups is 1. The molecule has 3 aromatic rings. The second kappa shape index (κ2) is 12.2. The molecule has 1 aliphatic rings. The smallest absolute Gasteiger partial charge is 0.184 e. The molecule has 0 aliphatic carbocycles. The van der Waals surface area contributed by atoms with E-state index >= 15 is 0 Å². The molecule has 34 heavy (non-hydrogen) atoms. The summed E-state index contributed by atoms with van der Waals surface area (Å²) in [6, 6.07) is 29.6. The molecule has 0 amide bonds. The minimum Gasteiger partial charge on any atom is -0.381 e. The minimum absolute atomic E-state index is 0.178. The Morgan fingerprint density at radius 1 is 0.706 bits per heavy atom. The van der Waals surface area contributed by atoms with E-state index in [4.69, 9.17) is 23.7 Å². The summed E-state index contributed by atoms with van der Waals surface area (Å²) >= 11 is 0. The fourth-order valence-corrected chi connectivity index (χ4v) is 4.20. The van der Waals surface area contributed by atoms with Crippen LogP contribution in [-0.2, 0) is 43.5 Å². The van der Waals surface area contributed by atoms with Crippen molar-refractivity contribution in [2.24, 2.45) is 0 Å². The maximum atomic E-state index is 10.9. The predicted octanol–water partition coefficient (Wildman–Crippen LogP) is 4.11. The zero-order valence-electron chi connectivity index (χ0n) is 19.4. The van der Waals surface area contributed by atoms with Crippen LogP contribution < -0.4 is 0 Å². The first-order valence-electron chi connectivity index (χ1n) is 11.5. The fourth-order valence-electron chi connectivity index (χ4n) is 4.20. The molecular formula is C28H32O6. The molecule has 1 unspecified atom stereocenters. The van der Waals surface area contributed by atoms with E-state index in [1.165, 1.54) is 0 Å². The molecule has 0 bridgehead atoms. The molecule has 6 nitrogen and oxygen atoms in total. The fraction of sp³-hybridized carbons (Fsp3) is 0.357. The first-order chi connectivity index (χ1) is 16.7. The van der Waals surface area contributed by atoms with E-state index in [0.29, 0.717) is 19.8 Å². The highest BCUT2D eigenvalue weighted by atomic mass is 16.7. The summed E-state index contributed by atoms with van der Waals surface area (Å²) in [7, 11) is 1.60. The van der Waals surface area contributed by atoms with Gasteiger partial charge in [0.2, 0.25) is 0 Å². The second-order valence-electron chi connectivity index (χ2n) is 8.46. The van der Waals surface area contributed by atoms with Gasteiger partial charge in [0, 0.05) is 7.11 Å². The molecule has 1 fully saturated rings. The molecule has 6 heteroatoms. The highest BCUT2D eigenvalue weighted by Gasteiger charge is 2.57. The van der Waals surface area contributed by atoms with Crippen LogP contribution in [0.3, 0.4) is 0 Å². The Morgan fingerprint density at radius 2 is 1.21 bits per heavy atom. The van der Waals surface area contributed by atoms with Gasteiger partial charge in [0.1, 0.15) is 17.8 Å². The lowest BCUT2D eigenvalue weighted by molar-refractivity contribution is -0.204. The van der Waals surface area contributed by atoms with Gasteiger partial charge < -0.3 is 28.8 Å². The zero-order chi connectivity index (χ0) is 23.6. The molecule has 180 valence electrons. The first-order valence-corrected chi connectivity index (χ1v) is 11.5. The van der Waals surface area contributed by atoms with E-state index in [1.807, 2.05) is 91.0 Å². The maximum absolute atomic E-state index is 10.9. The molecule has 1 aliphatic heterocycles. The van der Waals surface area contributed by atoms with Gasteiger partial charge in [0.15, 0.2) is 6.29 Å². The summed E-state index contributed by atoms with van der Waals surface area (Å²) in [6.45, 7) is 1.44. The summed E-state index contributed by atoms with van der Waals surface area (Å²) in [4.78, 5) is 0. The van der Waals surface area contributed by atoms with Crippen molar-refractivity contribution in [2.45, 2.75) is 43.9 Å². The molecule has 4 rings (SSSR count). The standard InChI is InChI=1S/C28H32O6/c1-30-20-28(21-31-17-22-11-5-2-6-12-22)26(33-19-24-15-9-4-10-16-24)25(27(29)34-28)32-18-23-13-7-3-8-14-23/h2-16,25-27,29H,17-21H2,1H3/t25-,26+,27?,28-/m1/s1. The lowest BCUT2D eigenvalue weighted by Gasteiger charge is -2.34. The third-order valence-corrected chi connectivity index (χ3v) is 5.86. The number of hydrogen-bond donors (Lipinski definition) is 1. The largest absolute Gasteiger partial charge is 0.381 e. The Labute approximate surface area is 201 Å². The highest BCUT2D eigenvalue weighted by Crippen LogP contribution is 2.36. The number of hydrogen-bond acceptors (Lipinski definition) is 6. The Morgan fingerprint density at radius 3 is 1.74 bits per heavy atom. The van der Waals surface area contributed by atoms with E-state index in [9.17, 15) is 5.11 Å². The number of methoxy groups -OCH3 is 1. The van der Waals surface area contributed by atoms with Crippen molar-refractivity contribution in [3.05, 3.63) is 108 Å². The Hall–Kier alpha value is -2.58. The number of ether oxygens (including phenoxy) is 5. The van der Waals surface area contributed by atoms with Gasteiger partial charge in [-0.05, 0) is 16.7 Å². The first kappa shape index (κ1) is 24.5. The van der Waals surface area contributed by atoms with Crippen LogP contribution in [0.2, 0.25) is 0 Å². The normalized spacial score (nSPS) is 24.4. The monoisotopic (exact) mass is 464 g/mol. The summed E-state index contributed by atoms with van der Waals surface area (Å²) in [5.41, 5.74) is 2.04. The molecule has 1 saturated heterocycles. The van der Waals surface area contributed by atoms with Gasteiger partial charge in [0.05, 0.1) is 33.0 Å². The molecular weight excluding hydrogens is 432 g/mol. The van der Waals surface area contributed by atoms with Crippen LogP contribution in [0, 0.1) is 0 Å². The Balaban J connectivity index is 1.51. The Bertz CT molecular complexity index is 968. The van der Waals surface area contributed by atoms with Gasteiger partial charge in [-0.1, -0.05) is 91.0 Å². The van der Waals surface area contributed by atoms with E-state index < -0.39 is 24.1 Å². The van der Waals surface area contributed by atoms with Gasteiger partial charge in [-0.25, -0.2) is 0 Å². The topological polar surface area (TPSA) is 66.4 Å². The van der Waals surface area contributed by atoms with Crippen LogP contribution in [0.15, 0.2) is 91.0 Å². The van der Waals surface area contributed by atoms with Gasteiger partial charge in [-0.15, -0.1) is 0 Å². The lowest BCUT2D eigenvalue weighted by Crippen LogP contribution is -2.52. The molecule has 3 aromatic carbocycles. The van der Waals surface area contributed by atoms with Crippen LogP contribution >= 0.6 is 0 Å². The zero-order valence-corrected chi connectivity index (χ0v) is 19.4. The minimum atomic E-state index is -1.18. The second-order valence-corrected chi connectivity index (χ2v) is 8.46. The molecule has 0 saturated carbocycles. The van der Waals surface area contributed by atoms with Gasteiger partial charge in [0.25, 0.3) is 0 Å². The van der Waals surface area contributed by atoms with Crippen molar-refractivity contribution >= 4 is 0 Å².